The second-order valence-electron chi connectivity index (χ2n) is 4.30. The Morgan fingerprint density at radius 3 is 2.06 bits per heavy atom. The van der Waals surface area contributed by atoms with Crippen molar-refractivity contribution >= 4 is 10.1 Å². The van der Waals surface area contributed by atoms with Crippen molar-refractivity contribution in [3.05, 3.63) is 0 Å². The highest BCUT2D eigenvalue weighted by molar-refractivity contribution is 7.86. The molecule has 0 saturated carbocycles. The predicted octanol–water partition coefficient (Wildman–Crippen LogP) is 2.37. The van der Waals surface area contributed by atoms with Gasteiger partial charge in [-0.25, -0.2) is 0 Å². The molecule has 0 saturated heterocycles. The van der Waals surface area contributed by atoms with Gasteiger partial charge in [0.15, 0.2) is 0 Å². The molecule has 0 amide bonds. The standard InChI is InChI=1S/C11H24O4S/c1-3-5-7-10(12)8-9-11(6-4-2)16(13,14)15/h10-12H,3-9H2,1-2H3,(H,13,14,15). The molecule has 0 bridgehead atoms. The van der Waals surface area contributed by atoms with Crippen molar-refractivity contribution in [2.45, 2.75) is 70.1 Å². The first-order valence-electron chi connectivity index (χ1n) is 6.06. The van der Waals surface area contributed by atoms with Gasteiger partial charge in [0.25, 0.3) is 10.1 Å². The summed E-state index contributed by atoms with van der Waals surface area (Å²) in [6.45, 7) is 3.93. The summed E-state index contributed by atoms with van der Waals surface area (Å²) < 4.78 is 31.0. The molecule has 2 atom stereocenters. The van der Waals surface area contributed by atoms with Gasteiger partial charge in [-0.15, -0.1) is 0 Å². The maximum Gasteiger partial charge on any atom is 0.267 e. The van der Waals surface area contributed by atoms with Crippen LogP contribution in [0.15, 0.2) is 0 Å². The Kier molecular flexibility index (Phi) is 7.97. The van der Waals surface area contributed by atoms with E-state index in [0.29, 0.717) is 25.7 Å². The van der Waals surface area contributed by atoms with Crippen LogP contribution in [0, 0.1) is 0 Å². The Bertz CT molecular complexity index is 261. The molecule has 0 fully saturated rings. The molecule has 0 aliphatic carbocycles. The Morgan fingerprint density at radius 1 is 1.00 bits per heavy atom. The van der Waals surface area contributed by atoms with Gasteiger partial charge in [0, 0.05) is 0 Å². The van der Waals surface area contributed by atoms with Crippen molar-refractivity contribution in [1.29, 1.82) is 0 Å². The average Bonchev–Trinajstić information content (AvgIpc) is 2.19. The van der Waals surface area contributed by atoms with E-state index >= 15 is 0 Å². The number of hydrogen-bond donors (Lipinski definition) is 2. The summed E-state index contributed by atoms with van der Waals surface area (Å²) in [5.41, 5.74) is 0. The monoisotopic (exact) mass is 252 g/mol. The molecule has 0 rings (SSSR count). The quantitative estimate of drug-likeness (QED) is 0.618. The van der Waals surface area contributed by atoms with Gasteiger partial charge >= 0.3 is 0 Å². The normalized spacial score (nSPS) is 16.0. The topological polar surface area (TPSA) is 74.6 Å². The third kappa shape index (κ3) is 7.19. The predicted molar refractivity (Wildman–Crippen MR) is 65.0 cm³/mol. The minimum absolute atomic E-state index is 0.345. The van der Waals surface area contributed by atoms with Gasteiger partial charge in [0.2, 0.25) is 0 Å². The molecule has 0 aromatic rings. The summed E-state index contributed by atoms with van der Waals surface area (Å²) in [4.78, 5) is 0. The molecule has 2 unspecified atom stereocenters. The lowest BCUT2D eigenvalue weighted by Crippen LogP contribution is -2.22. The summed E-state index contributed by atoms with van der Waals surface area (Å²) >= 11 is 0. The molecule has 2 N–H and O–H groups in total. The van der Waals surface area contributed by atoms with Crippen molar-refractivity contribution in [2.75, 3.05) is 0 Å². The molecule has 0 aromatic heterocycles. The lowest BCUT2D eigenvalue weighted by atomic mass is 10.0. The van der Waals surface area contributed by atoms with E-state index in [1.165, 1.54) is 0 Å². The number of hydrogen-bond acceptors (Lipinski definition) is 3. The number of rotatable bonds is 9. The SMILES string of the molecule is CCCCC(O)CCC(CCC)S(=O)(=O)O. The van der Waals surface area contributed by atoms with Crippen molar-refractivity contribution in [3.8, 4) is 0 Å². The van der Waals surface area contributed by atoms with Crippen LogP contribution in [0.5, 0.6) is 0 Å². The molecular weight excluding hydrogens is 228 g/mol. The van der Waals surface area contributed by atoms with Crippen LogP contribution in [-0.2, 0) is 10.1 Å². The van der Waals surface area contributed by atoms with E-state index in [0.717, 1.165) is 19.3 Å². The van der Waals surface area contributed by atoms with E-state index < -0.39 is 21.5 Å². The van der Waals surface area contributed by atoms with E-state index in [2.05, 4.69) is 0 Å². The first kappa shape index (κ1) is 15.9. The van der Waals surface area contributed by atoms with Crippen molar-refractivity contribution < 1.29 is 18.1 Å². The van der Waals surface area contributed by atoms with Gasteiger partial charge in [0.05, 0.1) is 11.4 Å². The zero-order valence-corrected chi connectivity index (χ0v) is 11.0. The van der Waals surface area contributed by atoms with Gasteiger partial charge < -0.3 is 5.11 Å². The van der Waals surface area contributed by atoms with Crippen LogP contribution in [0.1, 0.15) is 58.8 Å². The van der Waals surface area contributed by atoms with E-state index in [1.54, 1.807) is 0 Å². The van der Waals surface area contributed by atoms with E-state index in [1.807, 2.05) is 13.8 Å². The summed E-state index contributed by atoms with van der Waals surface area (Å²) in [6.07, 6.45) is 4.21. The first-order chi connectivity index (χ1) is 7.41. The maximum absolute atomic E-state index is 11.0. The zero-order valence-electron chi connectivity index (χ0n) is 10.2. The summed E-state index contributed by atoms with van der Waals surface area (Å²) in [7, 11) is -3.95. The summed E-state index contributed by atoms with van der Waals surface area (Å²) in [5.74, 6) is 0. The Balaban J connectivity index is 4.02. The first-order valence-corrected chi connectivity index (χ1v) is 7.56. The molecule has 16 heavy (non-hydrogen) atoms. The van der Waals surface area contributed by atoms with Gasteiger partial charge in [-0.1, -0.05) is 33.1 Å². The van der Waals surface area contributed by atoms with Crippen LogP contribution >= 0.6 is 0 Å². The highest BCUT2D eigenvalue weighted by Gasteiger charge is 2.22. The van der Waals surface area contributed by atoms with Crippen LogP contribution in [0.3, 0.4) is 0 Å². The summed E-state index contributed by atoms with van der Waals surface area (Å²) in [5, 5.41) is 8.87. The molecule has 0 spiro atoms. The zero-order chi connectivity index (χ0) is 12.6. The Labute approximate surface area is 98.8 Å². The minimum Gasteiger partial charge on any atom is -0.393 e. The fraction of sp³-hybridized carbons (Fsp3) is 1.00. The lowest BCUT2D eigenvalue weighted by molar-refractivity contribution is 0.148. The summed E-state index contributed by atoms with van der Waals surface area (Å²) in [6, 6.07) is 0. The van der Waals surface area contributed by atoms with E-state index in [-0.39, 0.29) is 0 Å². The van der Waals surface area contributed by atoms with Crippen LogP contribution in [0.4, 0.5) is 0 Å². The molecule has 0 radical (unpaired) electrons. The van der Waals surface area contributed by atoms with Crippen LogP contribution in [0.25, 0.3) is 0 Å². The molecule has 0 aromatic carbocycles. The molecule has 0 aliphatic heterocycles. The highest BCUT2D eigenvalue weighted by atomic mass is 32.2. The van der Waals surface area contributed by atoms with Crippen molar-refractivity contribution in [3.63, 3.8) is 0 Å². The number of aliphatic hydroxyl groups excluding tert-OH is 1. The van der Waals surface area contributed by atoms with Gasteiger partial charge in [-0.2, -0.15) is 8.42 Å². The Hall–Kier alpha value is -0.130. The van der Waals surface area contributed by atoms with Crippen molar-refractivity contribution in [2.24, 2.45) is 0 Å². The molecule has 0 heterocycles. The molecule has 0 aliphatic rings. The van der Waals surface area contributed by atoms with Gasteiger partial charge in [-0.05, 0) is 25.7 Å². The van der Waals surface area contributed by atoms with E-state index in [9.17, 15) is 13.5 Å². The van der Waals surface area contributed by atoms with Crippen LogP contribution in [0.2, 0.25) is 0 Å². The largest absolute Gasteiger partial charge is 0.393 e. The fourth-order valence-electron chi connectivity index (χ4n) is 1.73. The third-order valence-electron chi connectivity index (χ3n) is 2.74. The van der Waals surface area contributed by atoms with Crippen LogP contribution < -0.4 is 0 Å². The molecule has 98 valence electrons. The van der Waals surface area contributed by atoms with Crippen molar-refractivity contribution in [1.82, 2.24) is 0 Å². The maximum atomic E-state index is 11.0. The smallest absolute Gasteiger partial charge is 0.267 e. The fourth-order valence-corrected chi connectivity index (χ4v) is 2.69. The van der Waals surface area contributed by atoms with Crippen LogP contribution in [-0.4, -0.2) is 29.4 Å². The second kappa shape index (κ2) is 8.03. The van der Waals surface area contributed by atoms with E-state index in [4.69, 9.17) is 4.55 Å². The highest BCUT2D eigenvalue weighted by Crippen LogP contribution is 2.16. The lowest BCUT2D eigenvalue weighted by Gasteiger charge is -2.15. The molecule has 5 heteroatoms. The number of unbranched alkanes of at least 4 members (excludes halogenated alkanes) is 1. The number of aliphatic hydroxyl groups is 1. The third-order valence-corrected chi connectivity index (χ3v) is 4.06. The van der Waals surface area contributed by atoms with Gasteiger partial charge in [0.1, 0.15) is 0 Å². The average molecular weight is 252 g/mol. The molecule has 4 nitrogen and oxygen atoms in total. The second-order valence-corrected chi connectivity index (χ2v) is 6.00. The van der Waals surface area contributed by atoms with Gasteiger partial charge in [-0.3, -0.25) is 4.55 Å². The minimum atomic E-state index is -3.95. The molecular formula is C11H24O4S. The Morgan fingerprint density at radius 2 is 1.62 bits per heavy atom.